The third kappa shape index (κ3) is 4.76. The number of hydrogen-bond donors (Lipinski definition) is 0. The van der Waals surface area contributed by atoms with E-state index in [1.807, 2.05) is 0 Å². The quantitative estimate of drug-likeness (QED) is 0.219. The van der Waals surface area contributed by atoms with E-state index < -0.39 is 0 Å². The summed E-state index contributed by atoms with van der Waals surface area (Å²) in [5.74, 6) is 0. The van der Waals surface area contributed by atoms with Gasteiger partial charge in [0, 0.05) is 41.1 Å². The molecule has 41 heavy (non-hydrogen) atoms. The zero-order valence-corrected chi connectivity index (χ0v) is 23.5. The highest BCUT2D eigenvalue weighted by Gasteiger charge is 2.21. The molecule has 0 unspecified atom stereocenters. The SMILES string of the molecule is CN(c1ccc(-c2ccc(-n3c4c(c5c3CCCC=C5)CC=CC=C4)cc2)cc1)c1ccccc1-c1ccccc1. The van der Waals surface area contributed by atoms with Gasteiger partial charge in [-0.15, -0.1) is 0 Å². The zero-order chi connectivity index (χ0) is 27.6. The molecule has 0 fully saturated rings. The topological polar surface area (TPSA) is 8.17 Å². The van der Waals surface area contributed by atoms with Crippen LogP contribution in [-0.2, 0) is 12.8 Å². The highest BCUT2D eigenvalue weighted by atomic mass is 15.1. The molecule has 200 valence electrons. The summed E-state index contributed by atoms with van der Waals surface area (Å²) in [7, 11) is 2.15. The Kier molecular flexibility index (Phi) is 6.74. The van der Waals surface area contributed by atoms with Gasteiger partial charge < -0.3 is 9.47 Å². The van der Waals surface area contributed by atoms with E-state index in [4.69, 9.17) is 0 Å². The van der Waals surface area contributed by atoms with Crippen molar-refractivity contribution in [2.45, 2.75) is 25.7 Å². The lowest BCUT2D eigenvalue weighted by Gasteiger charge is -2.23. The largest absolute Gasteiger partial charge is 0.344 e. The first-order valence-electron chi connectivity index (χ1n) is 14.6. The Hall–Kier alpha value is -4.82. The number of benzene rings is 4. The summed E-state index contributed by atoms with van der Waals surface area (Å²) < 4.78 is 2.50. The van der Waals surface area contributed by atoms with E-state index in [0.717, 1.165) is 19.3 Å². The Morgan fingerprint density at radius 1 is 0.659 bits per heavy atom. The normalized spacial score (nSPS) is 13.8. The van der Waals surface area contributed by atoms with Crippen LogP contribution in [0.1, 0.15) is 35.4 Å². The van der Waals surface area contributed by atoms with Gasteiger partial charge in [-0.25, -0.2) is 0 Å². The van der Waals surface area contributed by atoms with Crippen molar-refractivity contribution in [1.29, 1.82) is 0 Å². The summed E-state index contributed by atoms with van der Waals surface area (Å²) in [6.45, 7) is 0. The number of anilines is 2. The molecule has 0 amide bonds. The van der Waals surface area contributed by atoms with Crippen molar-refractivity contribution < 1.29 is 0 Å². The summed E-state index contributed by atoms with van der Waals surface area (Å²) in [5, 5.41) is 0. The van der Waals surface area contributed by atoms with Crippen molar-refractivity contribution in [1.82, 2.24) is 4.57 Å². The van der Waals surface area contributed by atoms with Crippen molar-refractivity contribution in [3.8, 4) is 27.9 Å². The molecule has 0 radical (unpaired) electrons. The average molecular weight is 531 g/mol. The molecule has 5 aromatic rings. The highest BCUT2D eigenvalue weighted by molar-refractivity contribution is 5.82. The summed E-state index contributed by atoms with van der Waals surface area (Å²) in [6, 6.07) is 37.2. The van der Waals surface area contributed by atoms with E-state index in [0.29, 0.717) is 0 Å². The van der Waals surface area contributed by atoms with Crippen LogP contribution in [-0.4, -0.2) is 11.6 Å². The van der Waals surface area contributed by atoms with Crippen LogP contribution in [0.25, 0.3) is 40.1 Å². The lowest BCUT2D eigenvalue weighted by atomic mass is 10.0. The second-order valence-electron chi connectivity index (χ2n) is 10.9. The maximum atomic E-state index is 2.50. The molecule has 2 nitrogen and oxygen atoms in total. The lowest BCUT2D eigenvalue weighted by Crippen LogP contribution is -2.10. The molecule has 0 spiro atoms. The fourth-order valence-electron chi connectivity index (χ4n) is 6.29. The molecular formula is C39H34N2. The second kappa shape index (κ2) is 11.0. The third-order valence-corrected chi connectivity index (χ3v) is 8.41. The molecule has 0 N–H and O–H groups in total. The predicted octanol–water partition coefficient (Wildman–Crippen LogP) is 10.1. The van der Waals surface area contributed by atoms with Crippen molar-refractivity contribution in [2.24, 2.45) is 0 Å². The molecule has 4 aromatic carbocycles. The minimum absolute atomic E-state index is 0.983. The summed E-state index contributed by atoms with van der Waals surface area (Å²) in [6.07, 6.45) is 18.0. The van der Waals surface area contributed by atoms with Crippen LogP contribution in [0.15, 0.2) is 127 Å². The van der Waals surface area contributed by atoms with Gasteiger partial charge in [0.2, 0.25) is 0 Å². The van der Waals surface area contributed by atoms with Gasteiger partial charge in [-0.2, -0.15) is 0 Å². The predicted molar refractivity (Wildman–Crippen MR) is 175 cm³/mol. The van der Waals surface area contributed by atoms with E-state index in [1.165, 1.54) is 68.3 Å². The van der Waals surface area contributed by atoms with Gasteiger partial charge in [0.05, 0.1) is 0 Å². The van der Waals surface area contributed by atoms with Gasteiger partial charge in [0.25, 0.3) is 0 Å². The van der Waals surface area contributed by atoms with Crippen molar-refractivity contribution in [3.05, 3.63) is 150 Å². The highest BCUT2D eigenvalue weighted by Crippen LogP contribution is 2.36. The molecule has 2 heteroatoms. The standard InChI is InChI=1S/C39H34N2/c1-40(37-18-12-11-15-34(37)31-13-5-2-6-14-31)32-25-21-29(22-26-32)30-23-27-33(28-24-30)41-38-19-9-3-7-16-35(38)36-17-8-4-10-20-39(36)41/h2-3,5-9,11-15,17-19,21-28H,4,10,16,20H2,1H3. The number of nitrogens with zero attached hydrogens (tertiary/aromatic N) is 2. The van der Waals surface area contributed by atoms with Crippen LogP contribution in [0.3, 0.4) is 0 Å². The van der Waals surface area contributed by atoms with Crippen LogP contribution in [0.2, 0.25) is 0 Å². The average Bonchev–Trinajstić information content (AvgIpc) is 3.25. The Labute approximate surface area is 243 Å². The van der Waals surface area contributed by atoms with Crippen molar-refractivity contribution in [2.75, 3.05) is 11.9 Å². The Bertz CT molecular complexity index is 1760. The first-order valence-corrected chi connectivity index (χ1v) is 14.6. The first-order chi connectivity index (χ1) is 20.3. The molecule has 0 atom stereocenters. The van der Waals surface area contributed by atoms with E-state index in [1.54, 1.807) is 0 Å². The van der Waals surface area contributed by atoms with E-state index in [-0.39, 0.29) is 0 Å². The van der Waals surface area contributed by atoms with E-state index in [9.17, 15) is 0 Å². The van der Waals surface area contributed by atoms with Crippen molar-refractivity contribution >= 4 is 23.5 Å². The van der Waals surface area contributed by atoms with Gasteiger partial charge >= 0.3 is 0 Å². The maximum absolute atomic E-state index is 2.50. The van der Waals surface area contributed by atoms with E-state index in [2.05, 4.69) is 156 Å². The van der Waals surface area contributed by atoms with E-state index >= 15 is 0 Å². The van der Waals surface area contributed by atoms with Gasteiger partial charge in [-0.1, -0.05) is 103 Å². The zero-order valence-electron chi connectivity index (χ0n) is 23.5. The van der Waals surface area contributed by atoms with Crippen LogP contribution in [0.5, 0.6) is 0 Å². The minimum Gasteiger partial charge on any atom is -0.344 e. The van der Waals surface area contributed by atoms with Crippen LogP contribution in [0, 0.1) is 0 Å². The Morgan fingerprint density at radius 2 is 1.39 bits per heavy atom. The Morgan fingerprint density at radius 3 is 2.20 bits per heavy atom. The number of fused-ring (bicyclic) bond motifs is 3. The maximum Gasteiger partial charge on any atom is 0.0500 e. The molecule has 7 rings (SSSR count). The van der Waals surface area contributed by atoms with Crippen molar-refractivity contribution in [3.63, 3.8) is 0 Å². The van der Waals surface area contributed by atoms with Gasteiger partial charge in [-0.05, 0) is 89.9 Å². The monoisotopic (exact) mass is 530 g/mol. The van der Waals surface area contributed by atoms with Gasteiger partial charge in [-0.3, -0.25) is 0 Å². The minimum atomic E-state index is 0.983. The molecule has 0 saturated carbocycles. The second-order valence-corrected chi connectivity index (χ2v) is 10.9. The fraction of sp³-hybridized carbons (Fsp3) is 0.128. The summed E-state index contributed by atoms with van der Waals surface area (Å²) in [4.78, 5) is 2.27. The number of para-hydroxylation sites is 1. The molecule has 0 bridgehead atoms. The number of aromatic nitrogens is 1. The fourth-order valence-corrected chi connectivity index (χ4v) is 6.29. The molecular weight excluding hydrogens is 496 g/mol. The van der Waals surface area contributed by atoms with Crippen LogP contribution < -0.4 is 4.90 Å². The smallest absolute Gasteiger partial charge is 0.0500 e. The van der Waals surface area contributed by atoms with Gasteiger partial charge in [0.15, 0.2) is 0 Å². The van der Waals surface area contributed by atoms with Crippen LogP contribution >= 0.6 is 0 Å². The molecule has 0 saturated heterocycles. The lowest BCUT2D eigenvalue weighted by molar-refractivity contribution is 0.799. The number of allylic oxidation sites excluding steroid dienone is 4. The first kappa shape index (κ1) is 25.2. The number of hydrogen-bond acceptors (Lipinski definition) is 1. The number of rotatable bonds is 5. The molecule has 2 aliphatic carbocycles. The Balaban J connectivity index is 1.18. The van der Waals surface area contributed by atoms with Crippen LogP contribution in [0.4, 0.5) is 11.4 Å². The molecule has 1 aromatic heterocycles. The summed E-state index contributed by atoms with van der Waals surface area (Å²) >= 11 is 0. The molecule has 2 aliphatic rings. The van der Waals surface area contributed by atoms with Gasteiger partial charge in [0.1, 0.15) is 0 Å². The third-order valence-electron chi connectivity index (χ3n) is 8.41. The molecule has 1 heterocycles. The summed E-state index contributed by atoms with van der Waals surface area (Å²) in [5.41, 5.74) is 14.1. The molecule has 0 aliphatic heterocycles.